The fourth-order valence-electron chi connectivity index (χ4n) is 4.67. The number of aliphatic hydroxyl groups is 4. The van der Waals surface area contributed by atoms with E-state index in [0.29, 0.717) is 45.1 Å². The Kier molecular flexibility index (Phi) is 8.16. The van der Waals surface area contributed by atoms with Gasteiger partial charge in [-0.2, -0.15) is 0 Å². The molecule has 2 heterocycles. The van der Waals surface area contributed by atoms with E-state index in [9.17, 15) is 30.5 Å². The molecule has 2 aliphatic rings. The van der Waals surface area contributed by atoms with Crippen LogP contribution in [-0.2, 0) is 17.8 Å². The van der Waals surface area contributed by atoms with Gasteiger partial charge in [0.15, 0.2) is 0 Å². The van der Waals surface area contributed by atoms with Crippen LogP contribution in [0.25, 0.3) is 0 Å². The van der Waals surface area contributed by atoms with Crippen molar-refractivity contribution in [1.82, 2.24) is 4.90 Å². The number of anilines is 2. The average molecular weight is 489 g/mol. The molecule has 0 unspecified atom stereocenters. The third-order valence-corrected chi connectivity index (χ3v) is 6.63. The lowest BCUT2D eigenvalue weighted by molar-refractivity contribution is -0.383. The van der Waals surface area contributed by atoms with E-state index in [1.54, 1.807) is 17.0 Å². The van der Waals surface area contributed by atoms with Crippen LogP contribution in [-0.4, -0.2) is 94.1 Å². The van der Waals surface area contributed by atoms with Crippen LogP contribution >= 0.6 is 0 Å². The number of piperidine rings is 1. The molecule has 190 valence electrons. The second-order valence-corrected chi connectivity index (χ2v) is 8.96. The highest BCUT2D eigenvalue weighted by atomic mass is 16.6. The maximum atomic E-state index is 11.7. The molecule has 0 amide bonds. The highest BCUT2D eigenvalue weighted by molar-refractivity contribution is 5.68. The molecule has 5 N–H and O–H groups in total. The third-order valence-electron chi connectivity index (χ3n) is 6.63. The van der Waals surface area contributed by atoms with Crippen LogP contribution in [0, 0.1) is 10.1 Å². The second-order valence-electron chi connectivity index (χ2n) is 8.96. The second kappa shape index (κ2) is 11.3. The summed E-state index contributed by atoms with van der Waals surface area (Å²) in [4.78, 5) is 15.1. The molecule has 0 saturated carbocycles. The van der Waals surface area contributed by atoms with Gasteiger partial charge in [-0.15, -0.1) is 0 Å². The first-order valence-electron chi connectivity index (χ1n) is 11.7. The number of ether oxygens (including phenoxy) is 1. The highest BCUT2D eigenvalue weighted by Crippen LogP contribution is 2.31. The maximum absolute atomic E-state index is 11.7. The first-order valence-corrected chi connectivity index (χ1v) is 11.7. The van der Waals surface area contributed by atoms with Crippen LogP contribution in [0.2, 0.25) is 0 Å². The van der Waals surface area contributed by atoms with Crippen molar-refractivity contribution in [1.29, 1.82) is 0 Å². The van der Waals surface area contributed by atoms with E-state index in [0.717, 1.165) is 16.8 Å². The Hall–Kier alpha value is -2.80. The molecule has 0 bridgehead atoms. The van der Waals surface area contributed by atoms with Crippen molar-refractivity contribution >= 4 is 17.1 Å². The van der Waals surface area contributed by atoms with Gasteiger partial charge in [-0.3, -0.25) is 15.0 Å². The number of nitrogens with one attached hydrogen (secondary N) is 1. The summed E-state index contributed by atoms with van der Waals surface area (Å²) in [5.41, 5.74) is 3.00. The van der Waals surface area contributed by atoms with Crippen LogP contribution in [0.15, 0.2) is 42.5 Å². The number of rotatable bonds is 8. The number of likely N-dealkylation sites (tertiary alicyclic amines) is 1. The smallest absolute Gasteiger partial charge is 0.294 e. The molecule has 2 aromatic carbocycles. The van der Waals surface area contributed by atoms with Crippen molar-refractivity contribution in [2.45, 2.75) is 37.4 Å². The fourth-order valence-corrected chi connectivity index (χ4v) is 4.67. The topological polar surface area (TPSA) is 152 Å². The summed E-state index contributed by atoms with van der Waals surface area (Å²) in [7, 11) is 0. The van der Waals surface area contributed by atoms with E-state index in [1.165, 1.54) is 0 Å². The number of β-amino-alcohol motifs (C(OH)–C–C–N with tert-alkyl or cyclic N) is 1. The Morgan fingerprint density at radius 2 is 1.80 bits per heavy atom. The predicted octanol–water partition coefficient (Wildman–Crippen LogP) is 0.303. The molecule has 2 saturated heterocycles. The molecule has 2 aliphatic heterocycles. The quantitative estimate of drug-likeness (QED) is 0.259. The SMILES string of the molecule is O=[N+]([O-])c1cc(N2CCOCC2)ccc1NCc1cccc(CN2C[C@H](O)[C@@H](O)[C@H](O)[C@H]2CO)c1. The molecule has 11 heteroatoms. The molecule has 4 rings (SSSR count). The molecule has 0 aliphatic carbocycles. The number of nitrogens with zero attached hydrogens (tertiary/aromatic N) is 3. The van der Waals surface area contributed by atoms with Gasteiger partial charge in [0.1, 0.15) is 17.9 Å². The monoisotopic (exact) mass is 488 g/mol. The van der Waals surface area contributed by atoms with Crippen molar-refractivity contribution < 1.29 is 30.1 Å². The molecule has 0 radical (unpaired) electrons. The maximum Gasteiger partial charge on any atom is 0.294 e. The van der Waals surface area contributed by atoms with Gasteiger partial charge in [0.05, 0.1) is 36.9 Å². The summed E-state index contributed by atoms with van der Waals surface area (Å²) in [5, 5.41) is 54.7. The van der Waals surface area contributed by atoms with Gasteiger partial charge in [-0.05, 0) is 23.3 Å². The average Bonchev–Trinajstić information content (AvgIpc) is 2.87. The third kappa shape index (κ3) is 5.89. The molecule has 4 atom stereocenters. The Morgan fingerprint density at radius 1 is 1.06 bits per heavy atom. The number of nitro benzene ring substituents is 1. The minimum Gasteiger partial charge on any atom is -0.395 e. The Labute approximate surface area is 203 Å². The molecule has 11 nitrogen and oxygen atoms in total. The van der Waals surface area contributed by atoms with Gasteiger partial charge in [-0.25, -0.2) is 0 Å². The number of hydrogen-bond acceptors (Lipinski definition) is 10. The van der Waals surface area contributed by atoms with E-state index in [-0.39, 0.29) is 23.8 Å². The van der Waals surface area contributed by atoms with Gasteiger partial charge < -0.3 is 35.4 Å². The number of hydrogen-bond donors (Lipinski definition) is 5. The van der Waals surface area contributed by atoms with Crippen LogP contribution < -0.4 is 10.2 Å². The number of benzene rings is 2. The number of morpholine rings is 1. The number of nitro groups is 1. The first-order chi connectivity index (χ1) is 16.9. The van der Waals surface area contributed by atoms with Crippen LogP contribution in [0.1, 0.15) is 11.1 Å². The summed E-state index contributed by atoms with van der Waals surface area (Å²) in [5.74, 6) is 0. The van der Waals surface area contributed by atoms with Gasteiger partial charge in [0.25, 0.3) is 5.69 Å². The molecular formula is C24H32N4O7. The molecule has 0 spiro atoms. The van der Waals surface area contributed by atoms with E-state index < -0.39 is 24.4 Å². The van der Waals surface area contributed by atoms with Crippen molar-refractivity contribution in [3.8, 4) is 0 Å². The minimum atomic E-state index is -1.30. The fraction of sp³-hybridized carbons (Fsp3) is 0.500. The summed E-state index contributed by atoms with van der Waals surface area (Å²) in [6.07, 6.45) is -3.67. The van der Waals surface area contributed by atoms with Crippen molar-refractivity contribution in [3.63, 3.8) is 0 Å². The van der Waals surface area contributed by atoms with E-state index >= 15 is 0 Å². The molecule has 2 aromatic rings. The molecular weight excluding hydrogens is 456 g/mol. The zero-order chi connectivity index (χ0) is 24.9. The van der Waals surface area contributed by atoms with Crippen molar-refractivity contribution in [3.05, 3.63) is 63.7 Å². The van der Waals surface area contributed by atoms with E-state index in [2.05, 4.69) is 10.2 Å². The summed E-state index contributed by atoms with van der Waals surface area (Å²) < 4.78 is 5.36. The zero-order valence-electron chi connectivity index (χ0n) is 19.4. The minimum absolute atomic E-state index is 0.00536. The lowest BCUT2D eigenvalue weighted by Gasteiger charge is -2.43. The largest absolute Gasteiger partial charge is 0.395 e. The van der Waals surface area contributed by atoms with Gasteiger partial charge in [0.2, 0.25) is 0 Å². The van der Waals surface area contributed by atoms with Crippen LogP contribution in [0.4, 0.5) is 17.1 Å². The highest BCUT2D eigenvalue weighted by Gasteiger charge is 2.40. The van der Waals surface area contributed by atoms with E-state index in [1.807, 2.05) is 30.3 Å². The van der Waals surface area contributed by atoms with Crippen molar-refractivity contribution in [2.24, 2.45) is 0 Å². The lowest BCUT2D eigenvalue weighted by Crippen LogP contribution is -2.62. The normalized spacial score (nSPS) is 25.4. The van der Waals surface area contributed by atoms with E-state index in [4.69, 9.17) is 4.74 Å². The van der Waals surface area contributed by atoms with Crippen molar-refractivity contribution in [2.75, 3.05) is 49.7 Å². The Balaban J connectivity index is 1.44. The Bertz CT molecular complexity index is 1020. The van der Waals surface area contributed by atoms with Crippen LogP contribution in [0.3, 0.4) is 0 Å². The standard InChI is InChI=1S/C24H32N4O7/c29-15-21-23(31)24(32)22(30)14-27(21)13-17-3-1-2-16(10-17)12-25-19-5-4-18(11-20(19)28(33)34)26-6-8-35-9-7-26/h1-5,10-11,21-25,29-32H,6-9,12-15H2/t21-,22+,23-,24-/m1/s1. The van der Waals surface area contributed by atoms with Crippen LogP contribution in [0.5, 0.6) is 0 Å². The van der Waals surface area contributed by atoms with Gasteiger partial charge >= 0.3 is 0 Å². The molecule has 35 heavy (non-hydrogen) atoms. The first kappa shape index (κ1) is 25.3. The lowest BCUT2D eigenvalue weighted by atomic mass is 9.93. The zero-order valence-corrected chi connectivity index (χ0v) is 19.4. The summed E-state index contributed by atoms with van der Waals surface area (Å²) in [6, 6.07) is 12.1. The predicted molar refractivity (Wildman–Crippen MR) is 129 cm³/mol. The summed E-state index contributed by atoms with van der Waals surface area (Å²) in [6.45, 7) is 3.06. The molecule has 2 fully saturated rings. The molecule has 0 aromatic heterocycles. The Morgan fingerprint density at radius 3 is 2.51 bits per heavy atom. The number of aliphatic hydroxyl groups excluding tert-OH is 4. The van der Waals surface area contributed by atoms with Gasteiger partial charge in [-0.1, -0.05) is 24.3 Å². The van der Waals surface area contributed by atoms with Gasteiger partial charge in [0, 0.05) is 44.5 Å². The summed E-state index contributed by atoms with van der Waals surface area (Å²) >= 11 is 0.